The number of nitrogens with two attached hydrogens (primary N) is 1. The quantitative estimate of drug-likeness (QED) is 0.569. The smallest absolute Gasteiger partial charge is 0.231 e. The van der Waals surface area contributed by atoms with Gasteiger partial charge >= 0.3 is 0 Å². The SMILES string of the molecule is NC(=O)CNCc1ccc(OCc2ccccc2)c(OCc2ccccc2)c1. The molecule has 0 unspecified atom stereocenters. The van der Waals surface area contributed by atoms with Crippen molar-refractivity contribution in [2.75, 3.05) is 6.54 Å². The molecule has 0 saturated heterocycles. The van der Waals surface area contributed by atoms with E-state index in [4.69, 9.17) is 15.2 Å². The van der Waals surface area contributed by atoms with Crippen molar-refractivity contribution in [1.82, 2.24) is 5.32 Å². The zero-order valence-corrected chi connectivity index (χ0v) is 15.6. The number of amides is 1. The Balaban J connectivity index is 1.71. The van der Waals surface area contributed by atoms with Gasteiger partial charge < -0.3 is 20.5 Å². The molecule has 0 aliphatic carbocycles. The first-order valence-electron chi connectivity index (χ1n) is 9.16. The van der Waals surface area contributed by atoms with Crippen molar-refractivity contribution in [2.24, 2.45) is 5.73 Å². The molecule has 0 saturated carbocycles. The van der Waals surface area contributed by atoms with E-state index in [1.165, 1.54) is 0 Å². The van der Waals surface area contributed by atoms with Crippen LogP contribution in [0.25, 0.3) is 0 Å². The summed E-state index contributed by atoms with van der Waals surface area (Å²) in [6.07, 6.45) is 0. The molecule has 0 spiro atoms. The number of ether oxygens (including phenoxy) is 2. The first-order valence-corrected chi connectivity index (χ1v) is 9.16. The van der Waals surface area contributed by atoms with E-state index in [1.807, 2.05) is 78.9 Å². The minimum absolute atomic E-state index is 0.131. The number of rotatable bonds is 10. The third kappa shape index (κ3) is 6.14. The first-order chi connectivity index (χ1) is 13.7. The first kappa shape index (κ1) is 19.5. The molecule has 1 amide bonds. The lowest BCUT2D eigenvalue weighted by Gasteiger charge is -2.15. The summed E-state index contributed by atoms with van der Waals surface area (Å²) >= 11 is 0. The highest BCUT2D eigenvalue weighted by Crippen LogP contribution is 2.30. The predicted octanol–water partition coefficient (Wildman–Crippen LogP) is 3.42. The summed E-state index contributed by atoms with van der Waals surface area (Å²) in [5.41, 5.74) is 8.32. The van der Waals surface area contributed by atoms with Gasteiger partial charge in [-0.2, -0.15) is 0 Å². The van der Waals surface area contributed by atoms with E-state index in [9.17, 15) is 4.79 Å². The Kier molecular flexibility index (Phi) is 7.04. The number of carbonyl (C=O) groups excluding carboxylic acids is 1. The summed E-state index contributed by atoms with van der Waals surface area (Å²) in [6.45, 7) is 1.55. The van der Waals surface area contributed by atoms with Crippen molar-refractivity contribution in [2.45, 2.75) is 19.8 Å². The fraction of sp³-hybridized carbons (Fsp3) is 0.174. The van der Waals surface area contributed by atoms with Gasteiger partial charge in [0.15, 0.2) is 11.5 Å². The number of benzene rings is 3. The van der Waals surface area contributed by atoms with Gasteiger partial charge in [-0.05, 0) is 28.8 Å². The fourth-order valence-electron chi connectivity index (χ4n) is 2.70. The molecule has 5 heteroatoms. The molecule has 3 aromatic rings. The van der Waals surface area contributed by atoms with Crippen LogP contribution in [0.2, 0.25) is 0 Å². The summed E-state index contributed by atoms with van der Waals surface area (Å²) in [4.78, 5) is 10.9. The summed E-state index contributed by atoms with van der Waals surface area (Å²) < 4.78 is 12.0. The Labute approximate surface area is 165 Å². The van der Waals surface area contributed by atoms with Gasteiger partial charge in [-0.3, -0.25) is 4.79 Å². The second kappa shape index (κ2) is 10.1. The number of hydrogen-bond donors (Lipinski definition) is 2. The van der Waals surface area contributed by atoms with Crippen LogP contribution in [-0.2, 0) is 24.6 Å². The van der Waals surface area contributed by atoms with Crippen molar-refractivity contribution in [3.8, 4) is 11.5 Å². The highest BCUT2D eigenvalue weighted by molar-refractivity contribution is 5.75. The topological polar surface area (TPSA) is 73.6 Å². The Morgan fingerprint density at radius 3 is 1.89 bits per heavy atom. The van der Waals surface area contributed by atoms with Crippen LogP contribution in [0.5, 0.6) is 11.5 Å². The predicted molar refractivity (Wildman–Crippen MR) is 109 cm³/mol. The Morgan fingerprint density at radius 2 is 1.32 bits per heavy atom. The molecule has 3 rings (SSSR count). The van der Waals surface area contributed by atoms with Gasteiger partial charge in [0, 0.05) is 6.54 Å². The number of nitrogens with one attached hydrogen (secondary N) is 1. The highest BCUT2D eigenvalue weighted by atomic mass is 16.5. The molecule has 0 bridgehead atoms. The van der Waals surface area contributed by atoms with Crippen LogP contribution in [-0.4, -0.2) is 12.5 Å². The van der Waals surface area contributed by atoms with Crippen molar-refractivity contribution in [3.63, 3.8) is 0 Å². The molecule has 0 atom stereocenters. The second-order valence-corrected chi connectivity index (χ2v) is 6.40. The van der Waals surface area contributed by atoms with Gasteiger partial charge in [-0.25, -0.2) is 0 Å². The van der Waals surface area contributed by atoms with Crippen molar-refractivity contribution in [1.29, 1.82) is 0 Å². The molecule has 0 aliphatic heterocycles. The molecule has 0 radical (unpaired) electrons. The van der Waals surface area contributed by atoms with Crippen LogP contribution in [0.1, 0.15) is 16.7 Å². The lowest BCUT2D eigenvalue weighted by molar-refractivity contribution is -0.117. The molecule has 0 aromatic heterocycles. The lowest BCUT2D eigenvalue weighted by atomic mass is 10.2. The zero-order valence-electron chi connectivity index (χ0n) is 15.6. The number of carbonyl (C=O) groups is 1. The van der Waals surface area contributed by atoms with Gasteiger partial charge in [0.25, 0.3) is 0 Å². The summed E-state index contributed by atoms with van der Waals surface area (Å²) in [5, 5.41) is 3.01. The third-order valence-electron chi connectivity index (χ3n) is 4.11. The molecule has 3 N–H and O–H groups in total. The average Bonchev–Trinajstić information content (AvgIpc) is 2.73. The number of primary amides is 1. The number of hydrogen-bond acceptors (Lipinski definition) is 4. The fourth-order valence-corrected chi connectivity index (χ4v) is 2.70. The highest BCUT2D eigenvalue weighted by Gasteiger charge is 2.08. The van der Waals surface area contributed by atoms with Gasteiger partial charge in [-0.15, -0.1) is 0 Å². The Bertz CT molecular complexity index is 883. The maximum atomic E-state index is 10.9. The molecular weight excluding hydrogens is 352 g/mol. The van der Waals surface area contributed by atoms with Crippen LogP contribution in [0, 0.1) is 0 Å². The molecular formula is C23H24N2O3. The molecule has 0 heterocycles. The summed E-state index contributed by atoms with van der Waals surface area (Å²) in [7, 11) is 0. The van der Waals surface area contributed by atoms with Crippen LogP contribution in [0.15, 0.2) is 78.9 Å². The second-order valence-electron chi connectivity index (χ2n) is 6.40. The summed E-state index contributed by atoms with van der Waals surface area (Å²) in [5.74, 6) is 0.958. The van der Waals surface area contributed by atoms with E-state index < -0.39 is 0 Å². The van der Waals surface area contributed by atoms with Gasteiger partial charge in [-0.1, -0.05) is 66.7 Å². The van der Waals surface area contributed by atoms with Crippen LogP contribution in [0.4, 0.5) is 0 Å². The van der Waals surface area contributed by atoms with E-state index in [1.54, 1.807) is 0 Å². The van der Waals surface area contributed by atoms with E-state index >= 15 is 0 Å². The van der Waals surface area contributed by atoms with Crippen molar-refractivity contribution in [3.05, 3.63) is 95.6 Å². The maximum Gasteiger partial charge on any atom is 0.231 e. The zero-order chi connectivity index (χ0) is 19.6. The van der Waals surface area contributed by atoms with E-state index in [2.05, 4.69) is 5.32 Å². The molecule has 144 valence electrons. The van der Waals surface area contributed by atoms with Crippen LogP contribution < -0.4 is 20.5 Å². The monoisotopic (exact) mass is 376 g/mol. The maximum absolute atomic E-state index is 10.9. The third-order valence-corrected chi connectivity index (χ3v) is 4.11. The molecule has 3 aromatic carbocycles. The van der Waals surface area contributed by atoms with E-state index in [0.717, 1.165) is 16.7 Å². The average molecular weight is 376 g/mol. The van der Waals surface area contributed by atoms with Crippen LogP contribution >= 0.6 is 0 Å². The summed E-state index contributed by atoms with van der Waals surface area (Å²) in [6, 6.07) is 25.7. The van der Waals surface area contributed by atoms with Crippen molar-refractivity contribution >= 4 is 5.91 Å². The Hall–Kier alpha value is -3.31. The van der Waals surface area contributed by atoms with E-state index in [0.29, 0.717) is 31.3 Å². The van der Waals surface area contributed by atoms with Crippen LogP contribution in [0.3, 0.4) is 0 Å². The minimum Gasteiger partial charge on any atom is -0.485 e. The molecule has 0 aliphatic rings. The largest absolute Gasteiger partial charge is 0.485 e. The molecule has 28 heavy (non-hydrogen) atoms. The van der Waals surface area contributed by atoms with Gasteiger partial charge in [0.05, 0.1) is 6.54 Å². The molecule has 0 fully saturated rings. The normalized spacial score (nSPS) is 10.4. The van der Waals surface area contributed by atoms with Crippen molar-refractivity contribution < 1.29 is 14.3 Å². The van der Waals surface area contributed by atoms with E-state index in [-0.39, 0.29) is 12.5 Å². The minimum atomic E-state index is -0.386. The Morgan fingerprint density at radius 1 is 0.750 bits per heavy atom. The molecule has 5 nitrogen and oxygen atoms in total. The van der Waals surface area contributed by atoms with Gasteiger partial charge in [0.2, 0.25) is 5.91 Å². The lowest BCUT2D eigenvalue weighted by Crippen LogP contribution is -2.28. The van der Waals surface area contributed by atoms with Gasteiger partial charge in [0.1, 0.15) is 13.2 Å². The standard InChI is InChI=1S/C23H24N2O3/c24-23(26)15-25-14-20-11-12-21(27-16-18-7-3-1-4-8-18)22(13-20)28-17-19-9-5-2-6-10-19/h1-13,25H,14-17H2,(H2,24,26).